The minimum Gasteiger partial charge on any atom is -0.469 e. The van der Waals surface area contributed by atoms with Gasteiger partial charge in [-0.1, -0.05) is 45.6 Å². The number of hydrogen-bond acceptors (Lipinski definition) is 4. The third-order valence-corrected chi connectivity index (χ3v) is 6.73. The van der Waals surface area contributed by atoms with Crippen LogP contribution in [0.5, 0.6) is 0 Å². The normalized spacial score (nSPS) is 11.9. The van der Waals surface area contributed by atoms with Gasteiger partial charge in [-0.2, -0.15) is 0 Å². The van der Waals surface area contributed by atoms with Crippen LogP contribution in [0.1, 0.15) is 76.3 Å². The van der Waals surface area contributed by atoms with Crippen LogP contribution >= 0.6 is 11.8 Å². The molecule has 0 aliphatic rings. The molecule has 1 rings (SSSR count). The lowest BCUT2D eigenvalue weighted by atomic mass is 10.0. The summed E-state index contributed by atoms with van der Waals surface area (Å²) in [7, 11) is 1.41. The summed E-state index contributed by atoms with van der Waals surface area (Å²) in [5.74, 6) is 0.477. The first kappa shape index (κ1) is 26.5. The minimum absolute atomic E-state index is 0.168. The Hall–Kier alpha value is -1.49. The minimum atomic E-state index is -0.243. The van der Waals surface area contributed by atoms with Crippen molar-refractivity contribution in [3.8, 4) is 0 Å². The summed E-state index contributed by atoms with van der Waals surface area (Å²) in [6, 6.07) is 6.43. The van der Waals surface area contributed by atoms with Crippen molar-refractivity contribution in [3.05, 3.63) is 29.3 Å². The number of unbranched alkanes of at least 4 members (excludes halogenated alkanes) is 4. The largest absolute Gasteiger partial charge is 0.469 e. The smallest absolute Gasteiger partial charge is 0.305 e. The van der Waals surface area contributed by atoms with Gasteiger partial charge in [0.05, 0.1) is 7.11 Å². The molecule has 0 spiro atoms. The van der Waals surface area contributed by atoms with E-state index in [1.807, 2.05) is 4.90 Å². The molecule has 1 unspecified atom stereocenters. The number of rotatable bonds is 15. The Bertz CT molecular complexity index is 637. The topological polar surface area (TPSA) is 46.6 Å². The molecule has 1 aromatic carbocycles. The molecule has 0 radical (unpaired) electrons. The van der Waals surface area contributed by atoms with Crippen molar-refractivity contribution < 1.29 is 14.3 Å². The highest BCUT2D eigenvalue weighted by atomic mass is 32.2. The number of esters is 1. The van der Waals surface area contributed by atoms with Crippen LogP contribution in [-0.4, -0.2) is 42.7 Å². The van der Waals surface area contributed by atoms with Crippen LogP contribution in [0.4, 0.5) is 0 Å². The van der Waals surface area contributed by atoms with E-state index in [1.54, 1.807) is 11.8 Å². The molecule has 1 aromatic rings. The number of benzene rings is 1. The van der Waals surface area contributed by atoms with Crippen molar-refractivity contribution in [1.82, 2.24) is 4.90 Å². The summed E-state index contributed by atoms with van der Waals surface area (Å²) < 4.78 is 4.82. The zero-order valence-electron chi connectivity index (χ0n) is 19.7. The number of aryl methyl sites for hydroxylation is 2. The van der Waals surface area contributed by atoms with Crippen LogP contribution in [0.2, 0.25) is 0 Å². The van der Waals surface area contributed by atoms with Gasteiger partial charge in [0, 0.05) is 36.1 Å². The van der Waals surface area contributed by atoms with Crippen molar-refractivity contribution in [3.63, 3.8) is 0 Å². The molecule has 0 fully saturated rings. The Labute approximate surface area is 188 Å². The fraction of sp³-hybridized carbons (Fsp3) is 0.680. The van der Waals surface area contributed by atoms with E-state index in [2.05, 4.69) is 45.9 Å². The second kappa shape index (κ2) is 15.3. The Kier molecular flexibility index (Phi) is 13.6. The van der Waals surface area contributed by atoms with E-state index in [0.717, 1.165) is 51.6 Å². The Morgan fingerprint density at radius 1 is 1.00 bits per heavy atom. The SMILES string of the molecule is CCCCCN(CCCCC)C(=O)C(CCC(=O)OC)CSc1ccc(C)c(C)c1. The molecule has 170 valence electrons. The van der Waals surface area contributed by atoms with E-state index < -0.39 is 0 Å². The van der Waals surface area contributed by atoms with Gasteiger partial charge in [-0.25, -0.2) is 0 Å². The van der Waals surface area contributed by atoms with Crippen LogP contribution in [0.3, 0.4) is 0 Å². The van der Waals surface area contributed by atoms with E-state index >= 15 is 0 Å². The molecule has 0 saturated carbocycles. The monoisotopic (exact) mass is 435 g/mol. The van der Waals surface area contributed by atoms with Gasteiger partial charge < -0.3 is 9.64 Å². The molecule has 0 aromatic heterocycles. The van der Waals surface area contributed by atoms with Crippen molar-refractivity contribution in [1.29, 1.82) is 0 Å². The summed E-state index contributed by atoms with van der Waals surface area (Å²) in [6.07, 6.45) is 7.49. The molecule has 0 N–H and O–H groups in total. The second-order valence-corrected chi connectivity index (χ2v) is 9.20. The Morgan fingerprint density at radius 3 is 2.17 bits per heavy atom. The van der Waals surface area contributed by atoms with Crippen LogP contribution < -0.4 is 0 Å². The number of carbonyl (C=O) groups is 2. The van der Waals surface area contributed by atoms with E-state index in [4.69, 9.17) is 4.74 Å². The highest BCUT2D eigenvalue weighted by Gasteiger charge is 2.25. The number of ether oxygens (including phenoxy) is 1. The second-order valence-electron chi connectivity index (χ2n) is 8.11. The molecule has 0 aliphatic heterocycles. The molecular weight excluding hydrogens is 394 g/mol. The summed E-state index contributed by atoms with van der Waals surface area (Å²) in [5, 5.41) is 0. The number of amides is 1. The summed E-state index contributed by atoms with van der Waals surface area (Å²) in [4.78, 5) is 28.4. The third-order valence-electron chi connectivity index (χ3n) is 5.58. The fourth-order valence-corrected chi connectivity index (χ4v) is 4.50. The molecule has 0 bridgehead atoms. The van der Waals surface area contributed by atoms with Crippen molar-refractivity contribution in [2.24, 2.45) is 5.92 Å². The summed E-state index contributed by atoms with van der Waals surface area (Å²) in [5.41, 5.74) is 2.54. The lowest BCUT2D eigenvalue weighted by Crippen LogP contribution is -2.39. The summed E-state index contributed by atoms with van der Waals surface area (Å²) in [6.45, 7) is 10.2. The van der Waals surface area contributed by atoms with Gasteiger partial charge in [0.15, 0.2) is 0 Å². The van der Waals surface area contributed by atoms with Crippen LogP contribution in [0.25, 0.3) is 0 Å². The lowest BCUT2D eigenvalue weighted by molar-refractivity contribution is -0.141. The standard InChI is InChI=1S/C25H41NO3S/c1-6-8-10-16-26(17-11-9-7-2)25(28)22(13-15-24(27)29-5)19-30-23-14-12-20(3)21(4)18-23/h12,14,18,22H,6-11,13,15-17,19H2,1-5H3. The van der Waals surface area contributed by atoms with Gasteiger partial charge in [0.25, 0.3) is 0 Å². The first-order valence-corrected chi connectivity index (χ1v) is 12.5. The average Bonchev–Trinajstić information content (AvgIpc) is 2.74. The van der Waals surface area contributed by atoms with E-state index in [-0.39, 0.29) is 24.2 Å². The number of thioether (sulfide) groups is 1. The van der Waals surface area contributed by atoms with Crippen molar-refractivity contribution in [2.75, 3.05) is 26.0 Å². The van der Waals surface area contributed by atoms with E-state index in [9.17, 15) is 9.59 Å². The third kappa shape index (κ3) is 10.0. The van der Waals surface area contributed by atoms with Gasteiger partial charge >= 0.3 is 5.97 Å². The molecule has 0 heterocycles. The first-order chi connectivity index (χ1) is 14.4. The number of hydrogen-bond donors (Lipinski definition) is 0. The maximum Gasteiger partial charge on any atom is 0.305 e. The maximum atomic E-state index is 13.4. The molecule has 0 aliphatic carbocycles. The maximum absolute atomic E-state index is 13.4. The summed E-state index contributed by atoms with van der Waals surface area (Å²) >= 11 is 1.71. The van der Waals surface area contributed by atoms with Gasteiger partial charge in [-0.05, 0) is 56.4 Å². The van der Waals surface area contributed by atoms with Gasteiger partial charge in [0.2, 0.25) is 5.91 Å². The predicted octanol–water partition coefficient (Wildman–Crippen LogP) is 6.17. The zero-order chi connectivity index (χ0) is 22.4. The van der Waals surface area contributed by atoms with Crippen LogP contribution in [0, 0.1) is 19.8 Å². The highest BCUT2D eigenvalue weighted by Crippen LogP contribution is 2.26. The molecule has 30 heavy (non-hydrogen) atoms. The number of carbonyl (C=O) groups excluding carboxylic acids is 2. The molecular formula is C25H41NO3S. The van der Waals surface area contributed by atoms with E-state index in [1.165, 1.54) is 23.1 Å². The lowest BCUT2D eigenvalue weighted by Gasteiger charge is -2.27. The van der Waals surface area contributed by atoms with Gasteiger partial charge in [-0.15, -0.1) is 11.8 Å². The average molecular weight is 436 g/mol. The number of nitrogens with zero attached hydrogens (tertiary/aromatic N) is 1. The number of methoxy groups -OCH3 is 1. The molecule has 1 amide bonds. The van der Waals surface area contributed by atoms with Gasteiger partial charge in [0.1, 0.15) is 0 Å². The fourth-order valence-electron chi connectivity index (χ4n) is 3.37. The quantitative estimate of drug-likeness (QED) is 0.188. The molecule has 5 heteroatoms. The van der Waals surface area contributed by atoms with Crippen LogP contribution in [-0.2, 0) is 14.3 Å². The van der Waals surface area contributed by atoms with Gasteiger partial charge in [-0.3, -0.25) is 9.59 Å². The molecule has 4 nitrogen and oxygen atoms in total. The van der Waals surface area contributed by atoms with E-state index in [0.29, 0.717) is 12.2 Å². The van der Waals surface area contributed by atoms with Crippen LogP contribution in [0.15, 0.2) is 23.1 Å². The molecule has 0 saturated heterocycles. The first-order valence-electron chi connectivity index (χ1n) is 11.5. The Balaban J connectivity index is 2.86. The highest BCUT2D eigenvalue weighted by molar-refractivity contribution is 7.99. The van der Waals surface area contributed by atoms with Crippen molar-refractivity contribution in [2.45, 2.75) is 84.0 Å². The Morgan fingerprint density at radius 2 is 1.63 bits per heavy atom. The predicted molar refractivity (Wildman–Crippen MR) is 127 cm³/mol. The molecule has 1 atom stereocenters. The van der Waals surface area contributed by atoms with Crippen molar-refractivity contribution >= 4 is 23.6 Å². The zero-order valence-corrected chi connectivity index (χ0v) is 20.5.